The van der Waals surface area contributed by atoms with Crippen molar-refractivity contribution in [2.75, 3.05) is 13.2 Å². The summed E-state index contributed by atoms with van der Waals surface area (Å²) < 4.78 is 20.7. The maximum absolute atomic E-state index is 12.6. The molecule has 0 saturated heterocycles. The van der Waals surface area contributed by atoms with E-state index in [-0.39, 0.29) is 45.8 Å². The van der Waals surface area contributed by atoms with E-state index >= 15 is 0 Å². The highest BCUT2D eigenvalue weighted by molar-refractivity contribution is 5.87. The van der Waals surface area contributed by atoms with Crippen LogP contribution in [0.4, 0.5) is 0 Å². The van der Waals surface area contributed by atoms with E-state index in [1.807, 2.05) is 0 Å². The third kappa shape index (κ3) is 3.44. The van der Waals surface area contributed by atoms with Crippen molar-refractivity contribution in [1.82, 2.24) is 0 Å². The second-order valence-electron chi connectivity index (χ2n) is 5.20. The van der Waals surface area contributed by atoms with Crippen molar-refractivity contribution in [2.45, 2.75) is 6.92 Å². The number of ether oxygens (including phenoxy) is 2. The normalized spacial score (nSPS) is 10.7. The summed E-state index contributed by atoms with van der Waals surface area (Å²) >= 11 is 0. The summed E-state index contributed by atoms with van der Waals surface area (Å²) in [6.45, 7) is 1.38. The van der Waals surface area contributed by atoms with Crippen LogP contribution in [0.5, 0.6) is 5.75 Å². The molecule has 0 amide bonds. The molecule has 0 spiro atoms. The summed E-state index contributed by atoms with van der Waals surface area (Å²) in [5.41, 5.74) is 0.0202. The van der Waals surface area contributed by atoms with Crippen LogP contribution in [0.1, 0.15) is 17.5 Å². The topological polar surface area (TPSA) is 116 Å². The van der Waals surface area contributed by atoms with E-state index in [9.17, 15) is 14.4 Å². The summed E-state index contributed by atoms with van der Waals surface area (Å²) in [6, 6.07) is 7.26. The highest BCUT2D eigenvalue weighted by Crippen LogP contribution is 2.24. The minimum Gasteiger partial charge on any atom is -0.482 e. The molecule has 2 heterocycles. The number of furan rings is 1. The summed E-state index contributed by atoms with van der Waals surface area (Å²) in [4.78, 5) is 34.8. The molecule has 0 radical (unpaired) electrons. The molecule has 0 bridgehead atoms. The Hall–Kier alpha value is -3.55. The summed E-state index contributed by atoms with van der Waals surface area (Å²) in [5, 5.41) is 8.89. The molecule has 26 heavy (non-hydrogen) atoms. The van der Waals surface area contributed by atoms with Gasteiger partial charge in [0.15, 0.2) is 6.61 Å². The van der Waals surface area contributed by atoms with Gasteiger partial charge in [0, 0.05) is 6.07 Å². The molecule has 0 aliphatic heterocycles. The predicted octanol–water partition coefficient (Wildman–Crippen LogP) is 2.69. The molecule has 2 aromatic heterocycles. The van der Waals surface area contributed by atoms with Crippen LogP contribution in [0.25, 0.3) is 22.3 Å². The number of benzene rings is 1. The number of carboxylic acid groups (broad SMARTS) is 1. The van der Waals surface area contributed by atoms with Crippen LogP contribution >= 0.6 is 0 Å². The zero-order valence-corrected chi connectivity index (χ0v) is 13.7. The summed E-state index contributed by atoms with van der Waals surface area (Å²) in [5.74, 6) is -1.31. The first kappa shape index (κ1) is 17.3. The third-order valence-corrected chi connectivity index (χ3v) is 3.46. The number of carbonyl (C=O) groups excluding carboxylic acids is 1. The molecule has 0 atom stereocenters. The molecule has 0 aliphatic carbocycles. The first-order valence-corrected chi connectivity index (χ1v) is 7.67. The Morgan fingerprint density at radius 1 is 1.19 bits per heavy atom. The summed E-state index contributed by atoms with van der Waals surface area (Å²) in [7, 11) is 0. The van der Waals surface area contributed by atoms with Crippen LogP contribution in [0.2, 0.25) is 0 Å². The van der Waals surface area contributed by atoms with Gasteiger partial charge in [-0.1, -0.05) is 0 Å². The van der Waals surface area contributed by atoms with E-state index in [4.69, 9.17) is 23.4 Å². The van der Waals surface area contributed by atoms with Crippen molar-refractivity contribution in [3.63, 3.8) is 0 Å². The number of carbonyl (C=O) groups is 2. The maximum atomic E-state index is 12.6. The Labute approximate surface area is 146 Å². The van der Waals surface area contributed by atoms with Gasteiger partial charge in [-0.2, -0.15) is 0 Å². The predicted molar refractivity (Wildman–Crippen MR) is 89.3 cm³/mol. The Morgan fingerprint density at radius 2 is 2.00 bits per heavy atom. The Kier molecular flexibility index (Phi) is 4.74. The number of carboxylic acids is 1. The Bertz CT molecular complexity index is 1030. The largest absolute Gasteiger partial charge is 0.482 e. The highest BCUT2D eigenvalue weighted by Gasteiger charge is 2.17. The molecular formula is C18H14O8. The molecule has 8 nitrogen and oxygen atoms in total. The summed E-state index contributed by atoms with van der Waals surface area (Å²) in [6.07, 6.45) is 1.21. The second-order valence-corrected chi connectivity index (χ2v) is 5.20. The molecular weight excluding hydrogens is 344 g/mol. The van der Waals surface area contributed by atoms with Crippen molar-refractivity contribution < 1.29 is 33.0 Å². The standard InChI is InChI=1S/C18H14O8/c1-2-23-18(22)14-6-5-13(26-14)12-8-25-15-7-10(24-9-16(19)20)3-4-11(15)17(12)21/h3-8H,2,9H2,1H3,(H,19,20). The van der Waals surface area contributed by atoms with Crippen LogP contribution in [-0.2, 0) is 9.53 Å². The van der Waals surface area contributed by atoms with E-state index in [1.54, 1.807) is 6.92 Å². The van der Waals surface area contributed by atoms with Crippen LogP contribution < -0.4 is 10.2 Å². The van der Waals surface area contributed by atoms with Gasteiger partial charge in [-0.15, -0.1) is 0 Å². The first-order chi connectivity index (χ1) is 12.5. The van der Waals surface area contributed by atoms with Gasteiger partial charge < -0.3 is 23.4 Å². The SMILES string of the molecule is CCOC(=O)c1ccc(-c2coc3cc(OCC(=O)O)ccc3c2=O)o1. The van der Waals surface area contributed by atoms with Gasteiger partial charge in [0.1, 0.15) is 28.9 Å². The number of hydrogen-bond acceptors (Lipinski definition) is 7. The zero-order chi connectivity index (χ0) is 18.7. The Morgan fingerprint density at radius 3 is 2.73 bits per heavy atom. The van der Waals surface area contributed by atoms with E-state index in [0.29, 0.717) is 0 Å². The minimum absolute atomic E-state index is 0.0150. The maximum Gasteiger partial charge on any atom is 0.374 e. The van der Waals surface area contributed by atoms with E-state index in [0.717, 1.165) is 0 Å². The van der Waals surface area contributed by atoms with Gasteiger partial charge in [0.2, 0.25) is 11.2 Å². The molecule has 0 unspecified atom stereocenters. The fourth-order valence-corrected chi connectivity index (χ4v) is 2.31. The van der Waals surface area contributed by atoms with Gasteiger partial charge in [0.25, 0.3) is 0 Å². The van der Waals surface area contributed by atoms with Crippen LogP contribution in [0, 0.1) is 0 Å². The van der Waals surface area contributed by atoms with Gasteiger partial charge in [-0.3, -0.25) is 4.79 Å². The van der Waals surface area contributed by atoms with Crippen molar-refractivity contribution in [1.29, 1.82) is 0 Å². The highest BCUT2D eigenvalue weighted by atomic mass is 16.5. The number of esters is 1. The fraction of sp³-hybridized carbons (Fsp3) is 0.167. The number of hydrogen-bond donors (Lipinski definition) is 1. The number of fused-ring (bicyclic) bond motifs is 1. The van der Waals surface area contributed by atoms with Crippen LogP contribution in [0.3, 0.4) is 0 Å². The van der Waals surface area contributed by atoms with E-state index < -0.39 is 18.5 Å². The minimum atomic E-state index is -1.11. The fourth-order valence-electron chi connectivity index (χ4n) is 2.31. The molecule has 8 heteroatoms. The molecule has 0 fully saturated rings. The molecule has 1 aromatic carbocycles. The molecule has 134 valence electrons. The molecule has 0 aliphatic rings. The smallest absolute Gasteiger partial charge is 0.374 e. The lowest BCUT2D eigenvalue weighted by Crippen LogP contribution is -2.09. The molecule has 0 saturated carbocycles. The van der Waals surface area contributed by atoms with E-state index in [2.05, 4.69) is 0 Å². The molecule has 3 rings (SSSR count). The van der Waals surface area contributed by atoms with Crippen molar-refractivity contribution in [3.8, 4) is 17.1 Å². The first-order valence-electron chi connectivity index (χ1n) is 7.67. The molecule has 3 aromatic rings. The quantitative estimate of drug-likeness (QED) is 0.669. The van der Waals surface area contributed by atoms with Crippen LogP contribution in [0.15, 0.2) is 50.2 Å². The van der Waals surface area contributed by atoms with Gasteiger partial charge in [0.05, 0.1) is 12.0 Å². The lowest BCUT2D eigenvalue weighted by atomic mass is 10.1. The van der Waals surface area contributed by atoms with Crippen molar-refractivity contribution in [2.24, 2.45) is 0 Å². The monoisotopic (exact) mass is 358 g/mol. The van der Waals surface area contributed by atoms with E-state index in [1.165, 1.54) is 36.6 Å². The van der Waals surface area contributed by atoms with Crippen molar-refractivity contribution in [3.05, 3.63) is 52.6 Å². The molecule has 1 N–H and O–H groups in total. The second kappa shape index (κ2) is 7.14. The lowest BCUT2D eigenvalue weighted by molar-refractivity contribution is -0.139. The lowest BCUT2D eigenvalue weighted by Gasteiger charge is -2.05. The average molecular weight is 358 g/mol. The third-order valence-electron chi connectivity index (χ3n) is 3.46. The van der Waals surface area contributed by atoms with Gasteiger partial charge in [-0.05, 0) is 31.2 Å². The van der Waals surface area contributed by atoms with Gasteiger partial charge >= 0.3 is 11.9 Å². The zero-order valence-electron chi connectivity index (χ0n) is 13.7. The number of rotatable bonds is 6. The Balaban J connectivity index is 1.95. The number of aliphatic carboxylic acids is 1. The van der Waals surface area contributed by atoms with Crippen LogP contribution in [-0.4, -0.2) is 30.3 Å². The average Bonchev–Trinajstić information content (AvgIpc) is 3.10. The van der Waals surface area contributed by atoms with Crippen molar-refractivity contribution >= 4 is 22.9 Å². The van der Waals surface area contributed by atoms with Gasteiger partial charge in [-0.25, -0.2) is 9.59 Å².